The molecule has 0 radical (unpaired) electrons. The van der Waals surface area contributed by atoms with Gasteiger partial charge in [-0.1, -0.05) is 36.4 Å². The van der Waals surface area contributed by atoms with Crippen LogP contribution in [0.3, 0.4) is 0 Å². The van der Waals surface area contributed by atoms with Gasteiger partial charge in [-0.15, -0.1) is 5.10 Å². The minimum absolute atomic E-state index is 0.563. The van der Waals surface area contributed by atoms with Crippen molar-refractivity contribution in [3.63, 3.8) is 0 Å². The van der Waals surface area contributed by atoms with Crippen LogP contribution in [0.1, 0.15) is 5.56 Å². The summed E-state index contributed by atoms with van der Waals surface area (Å²) in [6.07, 6.45) is 4.62. The molecule has 0 bridgehead atoms. The van der Waals surface area contributed by atoms with E-state index in [1.165, 1.54) is 10.9 Å². The Morgan fingerprint density at radius 3 is 2.73 bits per heavy atom. The van der Waals surface area contributed by atoms with Crippen LogP contribution in [-0.4, -0.2) is 33.8 Å². The first kappa shape index (κ1) is 16.1. The highest BCUT2D eigenvalue weighted by Gasteiger charge is 2.08. The SMILES string of the molecule is CN(c1ccccc1)c1nncc(NCCc2c[nH]c3ccccc23)n1. The molecule has 4 rings (SSSR count). The van der Waals surface area contributed by atoms with Crippen molar-refractivity contribution >= 4 is 28.4 Å². The summed E-state index contributed by atoms with van der Waals surface area (Å²) in [6.45, 7) is 0.773. The fraction of sp³-hybridized carbons (Fsp3) is 0.150. The van der Waals surface area contributed by atoms with Crippen molar-refractivity contribution in [2.24, 2.45) is 0 Å². The number of aromatic nitrogens is 4. The van der Waals surface area contributed by atoms with Gasteiger partial charge in [-0.3, -0.25) is 0 Å². The monoisotopic (exact) mass is 344 g/mol. The molecule has 0 unspecified atom stereocenters. The number of para-hydroxylation sites is 2. The lowest BCUT2D eigenvalue weighted by Crippen LogP contribution is -2.15. The maximum atomic E-state index is 4.56. The van der Waals surface area contributed by atoms with Crippen LogP contribution >= 0.6 is 0 Å². The van der Waals surface area contributed by atoms with E-state index < -0.39 is 0 Å². The molecule has 0 fully saturated rings. The topological polar surface area (TPSA) is 69.7 Å². The number of hydrogen-bond donors (Lipinski definition) is 2. The van der Waals surface area contributed by atoms with E-state index in [9.17, 15) is 0 Å². The molecule has 0 spiro atoms. The van der Waals surface area contributed by atoms with E-state index >= 15 is 0 Å². The predicted octanol–water partition coefficient (Wildman–Crippen LogP) is 3.78. The summed E-state index contributed by atoms with van der Waals surface area (Å²) in [5.41, 5.74) is 3.47. The zero-order valence-electron chi connectivity index (χ0n) is 14.6. The molecule has 0 aliphatic rings. The Bertz CT molecular complexity index is 995. The number of nitrogens with zero attached hydrogens (tertiary/aromatic N) is 4. The Labute approximate surface area is 151 Å². The number of H-pyrrole nitrogens is 1. The number of benzene rings is 2. The molecule has 2 aromatic heterocycles. The van der Waals surface area contributed by atoms with Gasteiger partial charge in [0.15, 0.2) is 5.82 Å². The normalized spacial score (nSPS) is 10.8. The standard InChI is InChI=1S/C20H20N6/c1-26(16-7-3-2-4-8-16)20-24-19(14-23-25-20)21-12-11-15-13-22-18-10-6-5-9-17(15)18/h2-10,13-14,22H,11-12H2,1H3,(H,21,24,25). The summed E-state index contributed by atoms with van der Waals surface area (Å²) in [6, 6.07) is 18.3. The lowest BCUT2D eigenvalue weighted by Gasteiger charge is -2.16. The Balaban J connectivity index is 1.43. The quantitative estimate of drug-likeness (QED) is 0.557. The van der Waals surface area contributed by atoms with Crippen LogP contribution in [0.5, 0.6) is 0 Å². The van der Waals surface area contributed by atoms with Gasteiger partial charge >= 0.3 is 0 Å². The van der Waals surface area contributed by atoms with Gasteiger partial charge in [0.05, 0.1) is 6.20 Å². The van der Waals surface area contributed by atoms with Crippen molar-refractivity contribution in [3.05, 3.63) is 72.6 Å². The highest BCUT2D eigenvalue weighted by molar-refractivity contribution is 5.83. The number of fused-ring (bicyclic) bond motifs is 1. The minimum atomic E-state index is 0.563. The van der Waals surface area contributed by atoms with Gasteiger partial charge in [-0.25, -0.2) is 0 Å². The van der Waals surface area contributed by atoms with E-state index in [1.54, 1.807) is 6.20 Å². The Hall–Kier alpha value is -3.41. The molecule has 0 saturated heterocycles. The molecular weight excluding hydrogens is 324 g/mol. The summed E-state index contributed by atoms with van der Waals surface area (Å²) in [5, 5.41) is 12.8. The summed E-state index contributed by atoms with van der Waals surface area (Å²) in [5.74, 6) is 1.28. The van der Waals surface area contributed by atoms with Crippen LogP contribution in [0.25, 0.3) is 10.9 Å². The van der Waals surface area contributed by atoms with Gasteiger partial charge in [-0.05, 0) is 30.2 Å². The van der Waals surface area contributed by atoms with Crippen LogP contribution in [0.4, 0.5) is 17.5 Å². The van der Waals surface area contributed by atoms with Gasteiger partial charge in [-0.2, -0.15) is 10.1 Å². The maximum absolute atomic E-state index is 4.56. The second-order valence-corrected chi connectivity index (χ2v) is 6.07. The van der Waals surface area contributed by atoms with E-state index in [-0.39, 0.29) is 0 Å². The molecule has 130 valence electrons. The van der Waals surface area contributed by atoms with E-state index in [2.05, 4.69) is 49.9 Å². The third kappa shape index (κ3) is 3.35. The number of aromatic amines is 1. The second kappa shape index (κ2) is 7.23. The van der Waals surface area contributed by atoms with Gasteiger partial charge < -0.3 is 15.2 Å². The van der Waals surface area contributed by atoms with E-state index in [0.717, 1.165) is 30.0 Å². The highest BCUT2D eigenvalue weighted by Crippen LogP contribution is 2.20. The second-order valence-electron chi connectivity index (χ2n) is 6.07. The van der Waals surface area contributed by atoms with Gasteiger partial charge in [0.2, 0.25) is 0 Å². The van der Waals surface area contributed by atoms with Crippen molar-refractivity contribution in [2.75, 3.05) is 23.8 Å². The molecule has 4 aromatic rings. The summed E-state index contributed by atoms with van der Waals surface area (Å²) in [4.78, 5) is 9.78. The number of hydrogen-bond acceptors (Lipinski definition) is 5. The van der Waals surface area contributed by atoms with Gasteiger partial charge in [0, 0.05) is 36.4 Å². The molecule has 2 aromatic carbocycles. The Morgan fingerprint density at radius 2 is 1.85 bits per heavy atom. The molecule has 2 N–H and O–H groups in total. The molecule has 26 heavy (non-hydrogen) atoms. The molecule has 6 nitrogen and oxygen atoms in total. The van der Waals surface area contributed by atoms with Crippen LogP contribution in [-0.2, 0) is 6.42 Å². The Kier molecular flexibility index (Phi) is 4.47. The van der Waals surface area contributed by atoms with Crippen LogP contribution in [0, 0.1) is 0 Å². The first-order valence-corrected chi connectivity index (χ1v) is 8.58. The van der Waals surface area contributed by atoms with Crippen LogP contribution < -0.4 is 10.2 Å². The fourth-order valence-corrected chi connectivity index (χ4v) is 2.95. The average Bonchev–Trinajstić information content (AvgIpc) is 3.12. The molecular formula is C20H20N6. The molecule has 0 aliphatic carbocycles. The maximum Gasteiger partial charge on any atom is 0.251 e. The lowest BCUT2D eigenvalue weighted by molar-refractivity contribution is 0.916. The third-order valence-electron chi connectivity index (χ3n) is 4.37. The first-order chi connectivity index (χ1) is 12.8. The number of rotatable bonds is 6. The van der Waals surface area contributed by atoms with Crippen molar-refractivity contribution in [2.45, 2.75) is 6.42 Å². The largest absolute Gasteiger partial charge is 0.368 e. The molecule has 2 heterocycles. The fourth-order valence-electron chi connectivity index (χ4n) is 2.95. The third-order valence-corrected chi connectivity index (χ3v) is 4.37. The zero-order valence-corrected chi connectivity index (χ0v) is 14.6. The Morgan fingerprint density at radius 1 is 1.04 bits per heavy atom. The van der Waals surface area contributed by atoms with E-state index in [4.69, 9.17) is 0 Å². The summed E-state index contributed by atoms with van der Waals surface area (Å²) in [7, 11) is 1.93. The lowest BCUT2D eigenvalue weighted by atomic mass is 10.1. The highest BCUT2D eigenvalue weighted by atomic mass is 15.3. The minimum Gasteiger partial charge on any atom is -0.368 e. The number of anilines is 3. The van der Waals surface area contributed by atoms with Crippen LogP contribution in [0.15, 0.2) is 67.0 Å². The van der Waals surface area contributed by atoms with E-state index in [0.29, 0.717) is 5.95 Å². The predicted molar refractivity (Wildman–Crippen MR) is 105 cm³/mol. The van der Waals surface area contributed by atoms with Crippen molar-refractivity contribution in [1.29, 1.82) is 0 Å². The van der Waals surface area contributed by atoms with Crippen LogP contribution in [0.2, 0.25) is 0 Å². The molecule has 0 amide bonds. The average molecular weight is 344 g/mol. The molecule has 6 heteroatoms. The zero-order chi connectivity index (χ0) is 17.8. The summed E-state index contributed by atoms with van der Waals surface area (Å²) < 4.78 is 0. The van der Waals surface area contributed by atoms with Crippen molar-refractivity contribution in [3.8, 4) is 0 Å². The van der Waals surface area contributed by atoms with E-state index in [1.807, 2.05) is 48.3 Å². The first-order valence-electron chi connectivity index (χ1n) is 8.58. The summed E-state index contributed by atoms with van der Waals surface area (Å²) >= 11 is 0. The molecule has 0 saturated carbocycles. The molecule has 0 atom stereocenters. The van der Waals surface area contributed by atoms with Crippen molar-refractivity contribution in [1.82, 2.24) is 20.2 Å². The van der Waals surface area contributed by atoms with Gasteiger partial charge in [0.25, 0.3) is 5.95 Å². The number of nitrogens with one attached hydrogen (secondary N) is 2. The van der Waals surface area contributed by atoms with Crippen molar-refractivity contribution < 1.29 is 0 Å². The smallest absolute Gasteiger partial charge is 0.251 e. The molecule has 0 aliphatic heterocycles. The van der Waals surface area contributed by atoms with Gasteiger partial charge in [0.1, 0.15) is 0 Å².